The molecule has 1 aromatic rings. The highest BCUT2D eigenvalue weighted by Gasteiger charge is 2.43. The number of hydrogen-bond acceptors (Lipinski definition) is 6. The molecule has 0 aliphatic carbocycles. The highest BCUT2D eigenvalue weighted by molar-refractivity contribution is 5.94. The molecule has 0 bridgehead atoms. The number of methoxy groups -OCH3 is 1. The van der Waals surface area contributed by atoms with Crippen molar-refractivity contribution in [1.82, 2.24) is 5.32 Å². The molecular formula is C14H19NO6. The first kappa shape index (κ1) is 15.9. The van der Waals surface area contributed by atoms with Gasteiger partial charge in [-0.1, -0.05) is 18.2 Å². The third kappa shape index (κ3) is 3.58. The number of amides is 1. The van der Waals surface area contributed by atoms with Crippen LogP contribution in [0.1, 0.15) is 10.4 Å². The minimum absolute atomic E-state index is 0.0153. The van der Waals surface area contributed by atoms with Crippen molar-refractivity contribution in [1.29, 1.82) is 0 Å². The second-order valence-corrected chi connectivity index (χ2v) is 4.83. The molecule has 0 aromatic heterocycles. The third-order valence-electron chi connectivity index (χ3n) is 3.40. The van der Waals surface area contributed by atoms with Crippen molar-refractivity contribution >= 4 is 5.91 Å². The molecule has 1 heterocycles. The maximum atomic E-state index is 11.9. The summed E-state index contributed by atoms with van der Waals surface area (Å²) in [5, 5.41) is 31.8. The molecule has 1 fully saturated rings. The molecule has 1 aromatic carbocycles. The monoisotopic (exact) mass is 297 g/mol. The van der Waals surface area contributed by atoms with Gasteiger partial charge in [0, 0.05) is 19.2 Å². The van der Waals surface area contributed by atoms with Crippen LogP contribution < -0.4 is 5.32 Å². The zero-order valence-corrected chi connectivity index (χ0v) is 11.5. The zero-order chi connectivity index (χ0) is 15.4. The normalized spacial score (nSPS) is 32.7. The summed E-state index contributed by atoms with van der Waals surface area (Å²) < 4.78 is 10.2. The predicted octanol–water partition coefficient (Wildman–Crippen LogP) is -1.13. The van der Waals surface area contributed by atoms with E-state index in [4.69, 9.17) is 9.47 Å². The van der Waals surface area contributed by atoms with Crippen molar-refractivity contribution in [2.75, 3.05) is 13.7 Å². The molecule has 0 saturated carbocycles. The Balaban J connectivity index is 1.94. The highest BCUT2D eigenvalue weighted by atomic mass is 16.7. The molecule has 1 saturated heterocycles. The molecule has 7 heteroatoms. The van der Waals surface area contributed by atoms with E-state index in [1.54, 1.807) is 30.3 Å². The maximum Gasteiger partial charge on any atom is 0.251 e. The zero-order valence-electron chi connectivity index (χ0n) is 11.5. The van der Waals surface area contributed by atoms with E-state index in [0.717, 1.165) is 0 Å². The number of benzene rings is 1. The van der Waals surface area contributed by atoms with Crippen molar-refractivity contribution in [2.24, 2.45) is 0 Å². The van der Waals surface area contributed by atoms with Crippen LogP contribution in [0.4, 0.5) is 0 Å². The second kappa shape index (κ2) is 6.97. The lowest BCUT2D eigenvalue weighted by Crippen LogP contribution is -2.60. The second-order valence-electron chi connectivity index (χ2n) is 4.83. The van der Waals surface area contributed by atoms with Crippen molar-refractivity contribution in [3.63, 3.8) is 0 Å². The summed E-state index contributed by atoms with van der Waals surface area (Å²) in [7, 11) is 1.32. The van der Waals surface area contributed by atoms with Crippen LogP contribution in [0.25, 0.3) is 0 Å². The minimum Gasteiger partial charge on any atom is -0.388 e. The van der Waals surface area contributed by atoms with Crippen LogP contribution in [0.2, 0.25) is 0 Å². The number of ether oxygens (including phenoxy) is 2. The number of nitrogens with one attached hydrogen (secondary N) is 1. The van der Waals surface area contributed by atoms with Crippen LogP contribution in [-0.4, -0.2) is 65.6 Å². The van der Waals surface area contributed by atoms with Crippen molar-refractivity contribution in [2.45, 2.75) is 30.7 Å². The van der Waals surface area contributed by atoms with Crippen LogP contribution in [0, 0.1) is 0 Å². The van der Waals surface area contributed by atoms with Crippen LogP contribution >= 0.6 is 0 Å². The lowest BCUT2D eigenvalue weighted by Gasteiger charge is -2.39. The van der Waals surface area contributed by atoms with Crippen molar-refractivity contribution in [3.8, 4) is 0 Å². The van der Waals surface area contributed by atoms with Gasteiger partial charge in [-0.3, -0.25) is 4.79 Å². The fraction of sp³-hybridized carbons (Fsp3) is 0.500. The van der Waals surface area contributed by atoms with Gasteiger partial charge in [-0.2, -0.15) is 0 Å². The average Bonchev–Trinajstić information content (AvgIpc) is 2.52. The van der Waals surface area contributed by atoms with Crippen LogP contribution in [0.5, 0.6) is 0 Å². The van der Waals surface area contributed by atoms with Crippen molar-refractivity contribution in [3.05, 3.63) is 35.9 Å². The Morgan fingerprint density at radius 3 is 2.48 bits per heavy atom. The predicted molar refractivity (Wildman–Crippen MR) is 72.5 cm³/mol. The molecule has 7 nitrogen and oxygen atoms in total. The smallest absolute Gasteiger partial charge is 0.251 e. The number of hydrogen-bond donors (Lipinski definition) is 4. The summed E-state index contributed by atoms with van der Waals surface area (Å²) in [4.78, 5) is 11.9. The maximum absolute atomic E-state index is 11.9. The molecular weight excluding hydrogens is 278 g/mol. The third-order valence-corrected chi connectivity index (χ3v) is 3.40. The van der Waals surface area contributed by atoms with Crippen LogP contribution in [-0.2, 0) is 9.47 Å². The minimum atomic E-state index is -1.40. The van der Waals surface area contributed by atoms with Gasteiger partial charge >= 0.3 is 0 Å². The topological polar surface area (TPSA) is 108 Å². The Morgan fingerprint density at radius 2 is 1.86 bits per heavy atom. The fourth-order valence-corrected chi connectivity index (χ4v) is 2.16. The van der Waals surface area contributed by atoms with E-state index >= 15 is 0 Å². The first-order chi connectivity index (χ1) is 10.0. The fourth-order valence-electron chi connectivity index (χ4n) is 2.16. The summed E-state index contributed by atoms with van der Waals surface area (Å²) in [6.07, 6.45) is -5.99. The Kier molecular flexibility index (Phi) is 5.27. The van der Waals surface area contributed by atoms with E-state index in [-0.39, 0.29) is 12.5 Å². The highest BCUT2D eigenvalue weighted by Crippen LogP contribution is 2.21. The molecule has 116 valence electrons. The Labute approximate surface area is 122 Å². The van der Waals surface area contributed by atoms with Gasteiger partial charge in [0.15, 0.2) is 6.29 Å². The van der Waals surface area contributed by atoms with Gasteiger partial charge in [-0.15, -0.1) is 0 Å². The number of carbonyl (C=O) groups is 1. The summed E-state index contributed by atoms with van der Waals surface area (Å²) in [6.45, 7) is -0.0153. The standard InChI is InChI=1S/C14H19NO6/c1-20-14-12(18)11(17)10(16)9(21-14)7-15-13(19)8-5-3-2-4-6-8/h2-6,9-12,14,16-18H,7H2,1H3,(H,15,19)/t9-,10-,11+,12+,14+/m1/s1. The molecule has 0 spiro atoms. The van der Waals surface area contributed by atoms with E-state index in [1.807, 2.05) is 0 Å². The molecule has 0 unspecified atom stereocenters. The molecule has 0 radical (unpaired) electrons. The summed E-state index contributed by atoms with van der Waals surface area (Å²) in [5.41, 5.74) is 0.478. The van der Waals surface area contributed by atoms with Crippen LogP contribution in [0.15, 0.2) is 30.3 Å². The van der Waals surface area contributed by atoms with Gasteiger partial charge in [-0.05, 0) is 12.1 Å². The average molecular weight is 297 g/mol. The van der Waals surface area contributed by atoms with Gasteiger partial charge in [0.1, 0.15) is 24.4 Å². The SMILES string of the molecule is CO[C@H]1O[C@H](CNC(=O)c2ccccc2)[C@@H](O)[C@H](O)[C@@H]1O. The Morgan fingerprint density at radius 1 is 1.19 bits per heavy atom. The molecule has 21 heavy (non-hydrogen) atoms. The molecule has 1 aliphatic heterocycles. The van der Waals surface area contributed by atoms with E-state index < -0.39 is 30.7 Å². The molecule has 5 atom stereocenters. The largest absolute Gasteiger partial charge is 0.388 e. The van der Waals surface area contributed by atoms with E-state index in [9.17, 15) is 20.1 Å². The van der Waals surface area contributed by atoms with Gasteiger partial charge < -0.3 is 30.1 Å². The number of aliphatic hydroxyl groups is 3. The number of rotatable bonds is 4. The summed E-state index contributed by atoms with van der Waals surface area (Å²) in [5.74, 6) is -0.319. The van der Waals surface area contributed by atoms with E-state index in [2.05, 4.69) is 5.32 Å². The molecule has 4 N–H and O–H groups in total. The first-order valence-corrected chi connectivity index (χ1v) is 6.60. The lowest BCUT2D eigenvalue weighted by atomic mass is 9.99. The Bertz CT molecular complexity index is 466. The van der Waals surface area contributed by atoms with Crippen molar-refractivity contribution < 1.29 is 29.6 Å². The van der Waals surface area contributed by atoms with Crippen LogP contribution in [0.3, 0.4) is 0 Å². The van der Waals surface area contributed by atoms with E-state index in [0.29, 0.717) is 5.56 Å². The van der Waals surface area contributed by atoms with Gasteiger partial charge in [0.2, 0.25) is 0 Å². The molecule has 1 aliphatic rings. The Hall–Kier alpha value is -1.51. The number of aliphatic hydroxyl groups excluding tert-OH is 3. The lowest BCUT2D eigenvalue weighted by molar-refractivity contribution is -0.288. The molecule has 2 rings (SSSR count). The van der Waals surface area contributed by atoms with Gasteiger partial charge in [-0.25, -0.2) is 0 Å². The first-order valence-electron chi connectivity index (χ1n) is 6.60. The molecule has 1 amide bonds. The quantitative estimate of drug-likeness (QED) is 0.560. The van der Waals surface area contributed by atoms with Gasteiger partial charge in [0.25, 0.3) is 5.91 Å². The summed E-state index contributed by atoms with van der Waals surface area (Å²) in [6, 6.07) is 8.59. The van der Waals surface area contributed by atoms with Gasteiger partial charge in [0.05, 0.1) is 0 Å². The summed E-state index contributed by atoms with van der Waals surface area (Å²) >= 11 is 0. The number of carbonyl (C=O) groups excluding carboxylic acids is 1. The van der Waals surface area contributed by atoms with E-state index in [1.165, 1.54) is 7.11 Å².